The molecule has 0 unspecified atom stereocenters. The standard InChI is InChI=1S/C9H11NO2/c1-2-9(11)10(12)8-6-4-3-5-7-8/h3-7,12H,2H2,1H3. The Labute approximate surface area is 71.2 Å². The van der Waals surface area contributed by atoms with Gasteiger partial charge in [0.2, 0.25) is 5.91 Å². The van der Waals surface area contributed by atoms with Crippen LogP contribution in [0.1, 0.15) is 13.3 Å². The molecule has 0 saturated carbocycles. The molecule has 0 saturated heterocycles. The van der Waals surface area contributed by atoms with E-state index in [0.29, 0.717) is 17.2 Å². The van der Waals surface area contributed by atoms with Crippen LogP contribution in [0.15, 0.2) is 30.3 Å². The summed E-state index contributed by atoms with van der Waals surface area (Å²) >= 11 is 0. The Morgan fingerprint density at radius 2 is 2.00 bits per heavy atom. The Morgan fingerprint density at radius 3 is 2.50 bits per heavy atom. The van der Waals surface area contributed by atoms with Crippen LogP contribution >= 0.6 is 0 Å². The minimum absolute atomic E-state index is 0.297. The van der Waals surface area contributed by atoms with Crippen LogP contribution in [0.4, 0.5) is 5.69 Å². The summed E-state index contributed by atoms with van der Waals surface area (Å²) in [6.45, 7) is 1.70. The number of hydrogen-bond acceptors (Lipinski definition) is 2. The van der Waals surface area contributed by atoms with Gasteiger partial charge < -0.3 is 0 Å². The summed E-state index contributed by atoms with van der Waals surface area (Å²) in [4.78, 5) is 11.0. The zero-order valence-corrected chi connectivity index (χ0v) is 6.90. The molecule has 1 N–H and O–H groups in total. The lowest BCUT2D eigenvalue weighted by Crippen LogP contribution is -2.25. The first-order valence-corrected chi connectivity index (χ1v) is 3.82. The molecule has 0 aliphatic heterocycles. The molecule has 3 nitrogen and oxygen atoms in total. The van der Waals surface area contributed by atoms with Gasteiger partial charge >= 0.3 is 0 Å². The van der Waals surface area contributed by atoms with Crippen LogP contribution in [0.3, 0.4) is 0 Å². The number of nitrogens with zero attached hydrogens (tertiary/aromatic N) is 1. The molecule has 0 fully saturated rings. The van der Waals surface area contributed by atoms with Crippen molar-refractivity contribution in [3.63, 3.8) is 0 Å². The lowest BCUT2D eigenvalue weighted by atomic mass is 10.3. The van der Waals surface area contributed by atoms with E-state index >= 15 is 0 Å². The number of amides is 1. The fraction of sp³-hybridized carbons (Fsp3) is 0.222. The largest absolute Gasteiger partial charge is 0.281 e. The average Bonchev–Trinajstić information content (AvgIpc) is 2.17. The molecule has 3 heteroatoms. The highest BCUT2D eigenvalue weighted by Gasteiger charge is 2.08. The second kappa shape index (κ2) is 3.88. The van der Waals surface area contributed by atoms with Gasteiger partial charge in [-0.1, -0.05) is 25.1 Å². The number of hydroxylamine groups is 1. The van der Waals surface area contributed by atoms with Crippen molar-refractivity contribution >= 4 is 11.6 Å². The van der Waals surface area contributed by atoms with Gasteiger partial charge in [-0.25, -0.2) is 0 Å². The van der Waals surface area contributed by atoms with Crippen LogP contribution in [-0.4, -0.2) is 11.1 Å². The summed E-state index contributed by atoms with van der Waals surface area (Å²) in [7, 11) is 0. The van der Waals surface area contributed by atoms with Crippen LogP contribution in [0.5, 0.6) is 0 Å². The summed E-state index contributed by atoms with van der Waals surface area (Å²) in [6, 6.07) is 8.71. The van der Waals surface area contributed by atoms with Crippen molar-refractivity contribution < 1.29 is 10.0 Å². The van der Waals surface area contributed by atoms with Crippen molar-refractivity contribution in [3.8, 4) is 0 Å². The lowest BCUT2D eigenvalue weighted by Gasteiger charge is -2.12. The van der Waals surface area contributed by atoms with Crippen molar-refractivity contribution in [3.05, 3.63) is 30.3 Å². The molecular formula is C9H11NO2. The number of rotatable bonds is 2. The molecule has 0 bridgehead atoms. The monoisotopic (exact) mass is 165 g/mol. The molecule has 0 aliphatic carbocycles. The highest BCUT2D eigenvalue weighted by molar-refractivity contribution is 5.90. The number of hydrogen-bond donors (Lipinski definition) is 1. The summed E-state index contributed by atoms with van der Waals surface area (Å²) in [6.07, 6.45) is 0.297. The van der Waals surface area contributed by atoms with Gasteiger partial charge in [-0.05, 0) is 12.1 Å². The summed E-state index contributed by atoms with van der Waals surface area (Å²) in [5.41, 5.74) is 0.504. The van der Waals surface area contributed by atoms with Crippen molar-refractivity contribution in [1.82, 2.24) is 0 Å². The van der Waals surface area contributed by atoms with Crippen LogP contribution < -0.4 is 5.06 Å². The van der Waals surface area contributed by atoms with Crippen LogP contribution in [0, 0.1) is 0 Å². The average molecular weight is 165 g/mol. The minimum Gasteiger partial charge on any atom is -0.281 e. The van der Waals surface area contributed by atoms with Crippen molar-refractivity contribution in [2.45, 2.75) is 13.3 Å². The molecule has 0 atom stereocenters. The first kappa shape index (κ1) is 8.74. The third-order valence-corrected chi connectivity index (χ3v) is 1.54. The SMILES string of the molecule is CCC(=O)N(O)c1ccccc1. The first-order chi connectivity index (χ1) is 5.75. The molecule has 64 valence electrons. The highest BCUT2D eigenvalue weighted by atomic mass is 16.5. The predicted molar refractivity (Wildman–Crippen MR) is 46.0 cm³/mol. The smallest absolute Gasteiger partial charge is 0.250 e. The van der Waals surface area contributed by atoms with E-state index in [0.717, 1.165) is 0 Å². The molecule has 1 aromatic carbocycles. The quantitative estimate of drug-likeness (QED) is 0.536. The van der Waals surface area contributed by atoms with Crippen molar-refractivity contribution in [2.75, 3.05) is 5.06 Å². The normalized spacial score (nSPS) is 9.50. The van der Waals surface area contributed by atoms with Crippen LogP contribution in [0.2, 0.25) is 0 Å². The summed E-state index contributed by atoms with van der Waals surface area (Å²) in [5, 5.41) is 9.94. The third-order valence-electron chi connectivity index (χ3n) is 1.54. The van der Waals surface area contributed by atoms with Gasteiger partial charge in [-0.3, -0.25) is 10.0 Å². The molecule has 1 amide bonds. The van der Waals surface area contributed by atoms with E-state index in [1.807, 2.05) is 6.07 Å². The molecule has 1 rings (SSSR count). The Balaban J connectivity index is 2.78. The zero-order valence-electron chi connectivity index (χ0n) is 6.90. The second-order valence-electron chi connectivity index (χ2n) is 2.39. The van der Waals surface area contributed by atoms with E-state index in [1.54, 1.807) is 31.2 Å². The maximum atomic E-state index is 11.0. The van der Waals surface area contributed by atoms with Gasteiger partial charge in [-0.2, -0.15) is 5.06 Å². The van der Waals surface area contributed by atoms with Gasteiger partial charge in [0.15, 0.2) is 0 Å². The molecule has 0 heterocycles. The fourth-order valence-corrected chi connectivity index (χ4v) is 0.863. The number of anilines is 1. The summed E-state index contributed by atoms with van der Waals surface area (Å²) in [5.74, 6) is -0.304. The van der Waals surface area contributed by atoms with Gasteiger partial charge in [0, 0.05) is 6.42 Å². The molecular weight excluding hydrogens is 154 g/mol. The van der Waals surface area contributed by atoms with Crippen molar-refractivity contribution in [1.29, 1.82) is 0 Å². The summed E-state index contributed by atoms with van der Waals surface area (Å²) < 4.78 is 0. The molecule has 0 spiro atoms. The molecule has 12 heavy (non-hydrogen) atoms. The fourth-order valence-electron chi connectivity index (χ4n) is 0.863. The zero-order chi connectivity index (χ0) is 8.97. The number of para-hydroxylation sites is 1. The van der Waals surface area contributed by atoms with Crippen molar-refractivity contribution in [2.24, 2.45) is 0 Å². The van der Waals surface area contributed by atoms with Gasteiger partial charge in [0.1, 0.15) is 0 Å². The Morgan fingerprint density at radius 1 is 1.42 bits per heavy atom. The predicted octanol–water partition coefficient (Wildman–Crippen LogP) is 1.82. The van der Waals surface area contributed by atoms with E-state index in [1.165, 1.54) is 0 Å². The second-order valence-corrected chi connectivity index (χ2v) is 2.39. The number of benzene rings is 1. The lowest BCUT2D eigenvalue weighted by molar-refractivity contribution is -0.123. The van der Waals surface area contributed by atoms with Gasteiger partial charge in [-0.15, -0.1) is 0 Å². The Hall–Kier alpha value is -1.35. The molecule has 0 radical (unpaired) electrons. The van der Waals surface area contributed by atoms with Crippen LogP contribution in [-0.2, 0) is 4.79 Å². The third kappa shape index (κ3) is 1.83. The van der Waals surface area contributed by atoms with E-state index in [2.05, 4.69) is 0 Å². The molecule has 1 aromatic rings. The van der Waals surface area contributed by atoms with E-state index in [-0.39, 0.29) is 5.91 Å². The Bertz CT molecular complexity index is 258. The minimum atomic E-state index is -0.304. The molecule has 0 aliphatic rings. The molecule has 0 aromatic heterocycles. The number of carbonyl (C=O) groups is 1. The van der Waals surface area contributed by atoms with Crippen LogP contribution in [0.25, 0.3) is 0 Å². The maximum Gasteiger partial charge on any atom is 0.250 e. The van der Waals surface area contributed by atoms with Gasteiger partial charge in [0.25, 0.3) is 0 Å². The highest BCUT2D eigenvalue weighted by Crippen LogP contribution is 2.11. The first-order valence-electron chi connectivity index (χ1n) is 3.82. The topological polar surface area (TPSA) is 40.5 Å². The Kier molecular flexibility index (Phi) is 2.82. The van der Waals surface area contributed by atoms with E-state index in [4.69, 9.17) is 0 Å². The van der Waals surface area contributed by atoms with E-state index < -0.39 is 0 Å². The maximum absolute atomic E-state index is 11.0. The number of carbonyl (C=O) groups excluding carboxylic acids is 1. The van der Waals surface area contributed by atoms with E-state index in [9.17, 15) is 10.0 Å². The van der Waals surface area contributed by atoms with Gasteiger partial charge in [0.05, 0.1) is 5.69 Å².